The minimum absolute atomic E-state index is 0.00626. The Morgan fingerprint density at radius 3 is 2.72 bits per heavy atom. The predicted octanol–water partition coefficient (Wildman–Crippen LogP) is 3.96. The molecule has 0 fully saturated rings. The van der Waals surface area contributed by atoms with Crippen LogP contribution in [0.2, 0.25) is 5.02 Å². The van der Waals surface area contributed by atoms with Crippen molar-refractivity contribution in [1.82, 2.24) is 9.97 Å². The third kappa shape index (κ3) is 3.32. The molecule has 0 saturated carbocycles. The molecule has 1 N–H and O–H groups in total. The molecule has 3 aromatic rings. The van der Waals surface area contributed by atoms with Crippen LogP contribution in [0.5, 0.6) is 5.75 Å². The molecular weight excluding hydrogens is 349 g/mol. The highest BCUT2D eigenvalue weighted by Gasteiger charge is 2.18. The molecule has 0 aliphatic heterocycles. The van der Waals surface area contributed by atoms with Crippen molar-refractivity contribution >= 4 is 40.0 Å². The Bertz CT molecular complexity index is 965. The molecule has 0 radical (unpaired) electrons. The van der Waals surface area contributed by atoms with Gasteiger partial charge in [-0.15, -0.1) is 0 Å². The fourth-order valence-corrected chi connectivity index (χ4v) is 2.46. The van der Waals surface area contributed by atoms with Crippen molar-refractivity contribution in [1.29, 1.82) is 0 Å². The summed E-state index contributed by atoms with van der Waals surface area (Å²) < 4.78 is 23.2. The van der Waals surface area contributed by atoms with Gasteiger partial charge in [-0.2, -0.15) is 0 Å². The Morgan fingerprint density at radius 1 is 1.24 bits per heavy atom. The lowest BCUT2D eigenvalue weighted by molar-refractivity contribution is 0.0590. The number of esters is 1. The summed E-state index contributed by atoms with van der Waals surface area (Å²) in [6.07, 6.45) is 1.58. The Morgan fingerprint density at radius 2 is 2.04 bits per heavy atom. The number of rotatable bonds is 4. The maximum Gasteiger partial charge on any atom is 0.360 e. The normalized spacial score (nSPS) is 10.6. The lowest BCUT2D eigenvalue weighted by atomic mass is 10.2. The molecule has 0 aliphatic carbocycles. The average molecular weight is 362 g/mol. The van der Waals surface area contributed by atoms with Crippen LogP contribution in [0.15, 0.2) is 36.5 Å². The second kappa shape index (κ2) is 6.90. The van der Waals surface area contributed by atoms with Gasteiger partial charge in [0.05, 0.1) is 30.4 Å². The summed E-state index contributed by atoms with van der Waals surface area (Å²) in [6.45, 7) is 0. The van der Waals surface area contributed by atoms with Gasteiger partial charge in [-0.1, -0.05) is 11.6 Å². The zero-order valence-corrected chi connectivity index (χ0v) is 14.1. The zero-order valence-electron chi connectivity index (χ0n) is 13.3. The third-order valence-corrected chi connectivity index (χ3v) is 3.76. The summed E-state index contributed by atoms with van der Waals surface area (Å²) in [5.74, 6) is -0.880. The lowest BCUT2D eigenvalue weighted by Crippen LogP contribution is -2.08. The van der Waals surface area contributed by atoms with Crippen LogP contribution in [0, 0.1) is 5.82 Å². The van der Waals surface area contributed by atoms with E-state index in [-0.39, 0.29) is 16.5 Å². The Kier molecular flexibility index (Phi) is 4.67. The van der Waals surface area contributed by atoms with Crippen molar-refractivity contribution in [2.75, 3.05) is 19.5 Å². The summed E-state index contributed by atoms with van der Waals surface area (Å²) in [4.78, 5) is 20.5. The summed E-state index contributed by atoms with van der Waals surface area (Å²) in [5.41, 5.74) is 2.12. The van der Waals surface area contributed by atoms with E-state index in [1.807, 2.05) is 0 Å². The third-order valence-electron chi connectivity index (χ3n) is 3.47. The smallest absolute Gasteiger partial charge is 0.360 e. The minimum atomic E-state index is -0.627. The van der Waals surface area contributed by atoms with Crippen LogP contribution < -0.4 is 10.1 Å². The highest BCUT2D eigenvalue weighted by molar-refractivity contribution is 6.31. The van der Waals surface area contributed by atoms with Crippen LogP contribution in [0.25, 0.3) is 11.0 Å². The molecule has 0 saturated heterocycles. The quantitative estimate of drug-likeness (QED) is 0.709. The van der Waals surface area contributed by atoms with Crippen molar-refractivity contribution in [2.45, 2.75) is 0 Å². The van der Waals surface area contributed by atoms with E-state index >= 15 is 0 Å². The first-order valence-electron chi connectivity index (χ1n) is 7.17. The number of benzene rings is 1. The highest BCUT2D eigenvalue weighted by atomic mass is 35.5. The van der Waals surface area contributed by atoms with E-state index in [9.17, 15) is 9.18 Å². The molecule has 1 aromatic carbocycles. The molecule has 3 rings (SSSR count). The molecule has 0 spiro atoms. The molecule has 0 unspecified atom stereocenters. The van der Waals surface area contributed by atoms with E-state index < -0.39 is 11.8 Å². The Hall–Kier alpha value is -2.93. The summed E-state index contributed by atoms with van der Waals surface area (Å²) >= 11 is 5.80. The molecule has 0 atom stereocenters. The van der Waals surface area contributed by atoms with Gasteiger partial charge >= 0.3 is 5.97 Å². The second-order valence-electron chi connectivity index (χ2n) is 5.01. The molecular formula is C17H13ClFN3O3. The first-order chi connectivity index (χ1) is 12.0. The Balaban J connectivity index is 2.11. The van der Waals surface area contributed by atoms with Crippen molar-refractivity contribution in [3.8, 4) is 5.75 Å². The van der Waals surface area contributed by atoms with Gasteiger partial charge < -0.3 is 14.8 Å². The molecule has 0 aliphatic rings. The first kappa shape index (κ1) is 16.9. The largest absolute Gasteiger partial charge is 0.494 e. The van der Waals surface area contributed by atoms with Crippen LogP contribution in [-0.4, -0.2) is 30.2 Å². The van der Waals surface area contributed by atoms with E-state index in [4.69, 9.17) is 21.1 Å². The van der Waals surface area contributed by atoms with Gasteiger partial charge in [-0.3, -0.25) is 4.98 Å². The van der Waals surface area contributed by atoms with Crippen molar-refractivity contribution < 1.29 is 18.7 Å². The molecule has 128 valence electrons. The van der Waals surface area contributed by atoms with Gasteiger partial charge in [-0.25, -0.2) is 14.2 Å². The van der Waals surface area contributed by atoms with E-state index in [0.717, 1.165) is 0 Å². The fourth-order valence-electron chi connectivity index (χ4n) is 2.28. The summed E-state index contributed by atoms with van der Waals surface area (Å²) in [6, 6.07) is 7.52. The van der Waals surface area contributed by atoms with Crippen LogP contribution in [-0.2, 0) is 4.74 Å². The average Bonchev–Trinajstić information content (AvgIpc) is 2.63. The maximum absolute atomic E-state index is 13.3. The number of nitrogens with zero attached hydrogens (tertiary/aromatic N) is 2. The van der Waals surface area contributed by atoms with Crippen LogP contribution in [0.3, 0.4) is 0 Å². The fraction of sp³-hybridized carbons (Fsp3) is 0.118. The number of ether oxygens (including phenoxy) is 2. The second-order valence-corrected chi connectivity index (χ2v) is 5.42. The topological polar surface area (TPSA) is 73.3 Å². The number of aromatic nitrogens is 2. The summed E-state index contributed by atoms with van der Waals surface area (Å²) in [5, 5.41) is 3.08. The molecule has 6 nitrogen and oxygen atoms in total. The van der Waals surface area contributed by atoms with E-state index in [2.05, 4.69) is 15.3 Å². The van der Waals surface area contributed by atoms with E-state index in [0.29, 0.717) is 22.4 Å². The molecule has 2 aromatic heterocycles. The van der Waals surface area contributed by atoms with Crippen LogP contribution in [0.4, 0.5) is 15.8 Å². The molecule has 25 heavy (non-hydrogen) atoms. The summed E-state index contributed by atoms with van der Waals surface area (Å²) in [7, 11) is 2.69. The van der Waals surface area contributed by atoms with Gasteiger partial charge in [-0.05, 0) is 24.3 Å². The molecule has 8 heteroatoms. The number of carbonyl (C=O) groups is 1. The number of nitrogens with one attached hydrogen (secondary N) is 1. The van der Waals surface area contributed by atoms with E-state index in [1.165, 1.54) is 32.4 Å². The minimum Gasteiger partial charge on any atom is -0.494 e. The molecule has 2 heterocycles. The lowest BCUT2D eigenvalue weighted by Gasteiger charge is -2.12. The van der Waals surface area contributed by atoms with Crippen molar-refractivity contribution in [3.63, 3.8) is 0 Å². The van der Waals surface area contributed by atoms with Crippen molar-refractivity contribution in [3.05, 3.63) is 53.1 Å². The SMILES string of the molecule is COC(=O)c1nc2c(Nc3ccc(F)c(Cl)c3)ccnc2cc1OC. The van der Waals surface area contributed by atoms with E-state index in [1.54, 1.807) is 18.3 Å². The predicted molar refractivity (Wildman–Crippen MR) is 92.1 cm³/mol. The van der Waals surface area contributed by atoms with Crippen LogP contribution >= 0.6 is 11.6 Å². The number of hydrogen-bond acceptors (Lipinski definition) is 6. The molecule has 0 amide bonds. The molecule has 0 bridgehead atoms. The highest BCUT2D eigenvalue weighted by Crippen LogP contribution is 2.29. The number of anilines is 2. The number of carbonyl (C=O) groups excluding carboxylic acids is 1. The monoisotopic (exact) mass is 361 g/mol. The van der Waals surface area contributed by atoms with Gasteiger partial charge in [0.2, 0.25) is 0 Å². The van der Waals surface area contributed by atoms with Gasteiger partial charge in [0, 0.05) is 18.0 Å². The standard InChI is InChI=1S/C17H13ClFN3O3/c1-24-14-8-13-15(22-16(14)17(23)25-2)12(5-6-20-13)21-9-3-4-11(19)10(18)7-9/h3-8H,1-2H3,(H,20,21). The first-order valence-corrected chi connectivity index (χ1v) is 7.55. The van der Waals surface area contributed by atoms with Gasteiger partial charge in [0.1, 0.15) is 11.3 Å². The number of halogens is 2. The Labute approximate surface area is 147 Å². The van der Waals surface area contributed by atoms with Gasteiger partial charge in [0.25, 0.3) is 0 Å². The number of hydrogen-bond donors (Lipinski definition) is 1. The number of fused-ring (bicyclic) bond motifs is 1. The number of methoxy groups -OCH3 is 2. The van der Waals surface area contributed by atoms with Gasteiger partial charge in [0.15, 0.2) is 11.4 Å². The van der Waals surface area contributed by atoms with Crippen molar-refractivity contribution in [2.24, 2.45) is 0 Å². The zero-order chi connectivity index (χ0) is 18.0. The maximum atomic E-state index is 13.3. The van der Waals surface area contributed by atoms with Crippen LogP contribution in [0.1, 0.15) is 10.5 Å². The number of pyridine rings is 2.